The van der Waals surface area contributed by atoms with Gasteiger partial charge in [0.05, 0.1) is 19.8 Å². The molecule has 6 heteroatoms. The zero-order valence-corrected chi connectivity index (χ0v) is 20.2. The van der Waals surface area contributed by atoms with Crippen molar-refractivity contribution in [2.45, 2.75) is 39.4 Å². The number of carbonyl (C=O) groups excluding carboxylic acids is 1. The summed E-state index contributed by atoms with van der Waals surface area (Å²) in [6.07, 6.45) is 1.89. The standard InChI is InChI=1S/C26H35ClN2O3/c1-4-7-20(2)26(30)29-14-12-28(13-15-29)18-25(22-9-6-11-24(17-22)31-3)32-19-21-8-5-10-23(27)16-21/h5-6,8-11,16-17,20,25H,4,7,12-15,18-19H2,1-3H3/t20-,25-/m1/s1. The Kier molecular flexibility index (Phi) is 9.39. The molecule has 1 aliphatic heterocycles. The smallest absolute Gasteiger partial charge is 0.225 e. The second kappa shape index (κ2) is 12.2. The normalized spacial score (nSPS) is 16.6. The van der Waals surface area contributed by atoms with Crippen LogP contribution in [-0.2, 0) is 16.1 Å². The van der Waals surface area contributed by atoms with Gasteiger partial charge in [0.2, 0.25) is 5.91 Å². The second-order valence-corrected chi connectivity index (χ2v) is 8.96. The van der Waals surface area contributed by atoms with Gasteiger partial charge in [0, 0.05) is 43.7 Å². The van der Waals surface area contributed by atoms with Crippen molar-refractivity contribution in [1.29, 1.82) is 0 Å². The first kappa shape index (κ1) is 24.6. The van der Waals surface area contributed by atoms with Crippen LogP contribution in [0.3, 0.4) is 0 Å². The van der Waals surface area contributed by atoms with E-state index in [1.54, 1.807) is 7.11 Å². The van der Waals surface area contributed by atoms with Crippen LogP contribution in [0.4, 0.5) is 0 Å². The average molecular weight is 459 g/mol. The molecule has 1 fully saturated rings. The maximum absolute atomic E-state index is 12.7. The van der Waals surface area contributed by atoms with Gasteiger partial charge in [0.1, 0.15) is 5.75 Å². The third-order valence-corrected chi connectivity index (χ3v) is 6.29. The van der Waals surface area contributed by atoms with Crippen molar-refractivity contribution in [3.05, 3.63) is 64.7 Å². The van der Waals surface area contributed by atoms with Crippen molar-refractivity contribution >= 4 is 17.5 Å². The molecule has 0 saturated carbocycles. The van der Waals surface area contributed by atoms with E-state index < -0.39 is 0 Å². The Bertz CT molecular complexity index is 868. The van der Waals surface area contributed by atoms with Crippen LogP contribution in [0.1, 0.15) is 43.9 Å². The molecule has 0 N–H and O–H groups in total. The van der Waals surface area contributed by atoms with Crippen molar-refractivity contribution in [3.63, 3.8) is 0 Å². The summed E-state index contributed by atoms with van der Waals surface area (Å²) in [6.45, 7) is 8.66. The Morgan fingerprint density at radius 1 is 1.09 bits per heavy atom. The first-order chi connectivity index (χ1) is 15.5. The Hall–Kier alpha value is -2.08. The van der Waals surface area contributed by atoms with E-state index in [4.69, 9.17) is 21.1 Å². The summed E-state index contributed by atoms with van der Waals surface area (Å²) in [5.41, 5.74) is 2.13. The highest BCUT2D eigenvalue weighted by molar-refractivity contribution is 6.30. The van der Waals surface area contributed by atoms with Gasteiger partial charge >= 0.3 is 0 Å². The van der Waals surface area contributed by atoms with Crippen molar-refractivity contribution in [3.8, 4) is 5.75 Å². The molecule has 1 amide bonds. The quantitative estimate of drug-likeness (QED) is 0.491. The van der Waals surface area contributed by atoms with Gasteiger partial charge < -0.3 is 14.4 Å². The molecule has 5 nitrogen and oxygen atoms in total. The van der Waals surface area contributed by atoms with Gasteiger partial charge in [-0.2, -0.15) is 0 Å². The number of hydrogen-bond acceptors (Lipinski definition) is 4. The number of carbonyl (C=O) groups is 1. The molecule has 0 aromatic heterocycles. The zero-order chi connectivity index (χ0) is 22.9. The maximum Gasteiger partial charge on any atom is 0.225 e. The van der Waals surface area contributed by atoms with E-state index in [-0.39, 0.29) is 17.9 Å². The summed E-state index contributed by atoms with van der Waals surface area (Å²) in [7, 11) is 1.68. The van der Waals surface area contributed by atoms with Crippen LogP contribution in [0.2, 0.25) is 5.02 Å². The van der Waals surface area contributed by atoms with E-state index in [1.165, 1.54) is 0 Å². The SMILES string of the molecule is CCC[C@@H](C)C(=O)N1CCN(C[C@@H](OCc2cccc(Cl)c2)c2cccc(OC)c2)CC1. The molecule has 32 heavy (non-hydrogen) atoms. The van der Waals surface area contributed by atoms with Gasteiger partial charge in [-0.15, -0.1) is 0 Å². The van der Waals surface area contributed by atoms with Gasteiger partial charge in [-0.05, 0) is 41.8 Å². The van der Waals surface area contributed by atoms with Crippen LogP contribution >= 0.6 is 11.6 Å². The van der Waals surface area contributed by atoms with Crippen LogP contribution in [0.5, 0.6) is 5.75 Å². The fraction of sp³-hybridized carbons (Fsp3) is 0.500. The summed E-state index contributed by atoms with van der Waals surface area (Å²) in [4.78, 5) is 17.1. The fourth-order valence-corrected chi connectivity index (χ4v) is 4.39. The van der Waals surface area contributed by atoms with Gasteiger partial charge in [-0.3, -0.25) is 9.69 Å². The van der Waals surface area contributed by atoms with Gasteiger partial charge in [-0.1, -0.05) is 56.1 Å². The number of hydrogen-bond donors (Lipinski definition) is 0. The highest BCUT2D eigenvalue weighted by atomic mass is 35.5. The Morgan fingerprint density at radius 2 is 1.84 bits per heavy atom. The van der Waals surface area contributed by atoms with E-state index in [1.807, 2.05) is 54.3 Å². The Morgan fingerprint density at radius 3 is 2.53 bits per heavy atom. The lowest BCUT2D eigenvalue weighted by Gasteiger charge is -2.37. The number of piperazine rings is 1. The minimum absolute atomic E-state index is 0.106. The minimum atomic E-state index is -0.106. The molecule has 0 unspecified atom stereocenters. The molecule has 0 aliphatic carbocycles. The largest absolute Gasteiger partial charge is 0.497 e. The van der Waals surface area contributed by atoms with Gasteiger partial charge in [0.15, 0.2) is 0 Å². The van der Waals surface area contributed by atoms with E-state index in [9.17, 15) is 4.79 Å². The first-order valence-electron chi connectivity index (χ1n) is 11.5. The number of nitrogens with zero attached hydrogens (tertiary/aromatic N) is 2. The number of benzene rings is 2. The predicted molar refractivity (Wildman–Crippen MR) is 129 cm³/mol. The third kappa shape index (κ3) is 6.96. The molecule has 1 heterocycles. The molecule has 2 aromatic carbocycles. The summed E-state index contributed by atoms with van der Waals surface area (Å²) in [5.74, 6) is 1.21. The molecule has 0 bridgehead atoms. The molecule has 3 rings (SSSR count). The number of ether oxygens (including phenoxy) is 2. The summed E-state index contributed by atoms with van der Waals surface area (Å²) >= 11 is 6.14. The predicted octanol–water partition coefficient (Wildman–Crippen LogP) is 5.19. The van der Waals surface area contributed by atoms with Gasteiger partial charge in [0.25, 0.3) is 0 Å². The lowest BCUT2D eigenvalue weighted by atomic mass is 10.0. The lowest BCUT2D eigenvalue weighted by molar-refractivity contribution is -0.137. The average Bonchev–Trinajstić information content (AvgIpc) is 2.82. The monoisotopic (exact) mass is 458 g/mol. The molecule has 1 aliphatic rings. The summed E-state index contributed by atoms with van der Waals surface area (Å²) < 4.78 is 11.8. The number of amides is 1. The van der Waals surface area contributed by atoms with E-state index in [0.717, 1.165) is 62.4 Å². The zero-order valence-electron chi connectivity index (χ0n) is 19.4. The maximum atomic E-state index is 12.7. The molecule has 2 atom stereocenters. The van der Waals surface area contributed by atoms with Crippen LogP contribution in [-0.4, -0.2) is 55.5 Å². The van der Waals surface area contributed by atoms with E-state index in [2.05, 4.69) is 17.9 Å². The Balaban J connectivity index is 1.64. The third-order valence-electron chi connectivity index (χ3n) is 6.06. The molecular formula is C26H35ClN2O3. The van der Waals surface area contributed by atoms with Crippen LogP contribution in [0.15, 0.2) is 48.5 Å². The number of halogens is 1. The van der Waals surface area contributed by atoms with Gasteiger partial charge in [-0.25, -0.2) is 0 Å². The molecule has 174 valence electrons. The number of rotatable bonds is 10. The molecule has 0 spiro atoms. The first-order valence-corrected chi connectivity index (χ1v) is 11.9. The summed E-state index contributed by atoms with van der Waals surface area (Å²) in [6, 6.07) is 15.8. The van der Waals surface area contributed by atoms with Crippen molar-refractivity contribution < 1.29 is 14.3 Å². The van der Waals surface area contributed by atoms with Crippen LogP contribution < -0.4 is 4.74 Å². The molecule has 0 radical (unpaired) electrons. The van der Waals surface area contributed by atoms with E-state index >= 15 is 0 Å². The second-order valence-electron chi connectivity index (χ2n) is 8.52. The van der Waals surface area contributed by atoms with Crippen LogP contribution in [0, 0.1) is 5.92 Å². The minimum Gasteiger partial charge on any atom is -0.497 e. The topological polar surface area (TPSA) is 42.0 Å². The van der Waals surface area contributed by atoms with E-state index in [0.29, 0.717) is 11.6 Å². The number of methoxy groups -OCH3 is 1. The van der Waals surface area contributed by atoms with Crippen LogP contribution in [0.25, 0.3) is 0 Å². The summed E-state index contributed by atoms with van der Waals surface area (Å²) in [5, 5.41) is 0.710. The van der Waals surface area contributed by atoms with Crippen molar-refractivity contribution in [2.75, 3.05) is 39.8 Å². The highest BCUT2D eigenvalue weighted by Gasteiger charge is 2.26. The lowest BCUT2D eigenvalue weighted by Crippen LogP contribution is -2.50. The molecule has 2 aromatic rings. The molecular weight excluding hydrogens is 424 g/mol. The fourth-order valence-electron chi connectivity index (χ4n) is 4.17. The Labute approximate surface area is 197 Å². The molecule has 1 saturated heterocycles. The van der Waals surface area contributed by atoms with Crippen molar-refractivity contribution in [2.24, 2.45) is 5.92 Å². The highest BCUT2D eigenvalue weighted by Crippen LogP contribution is 2.25. The van der Waals surface area contributed by atoms with Crippen molar-refractivity contribution in [1.82, 2.24) is 9.80 Å².